The van der Waals surface area contributed by atoms with Crippen molar-refractivity contribution in [1.29, 1.82) is 0 Å². The van der Waals surface area contributed by atoms with Crippen molar-refractivity contribution >= 4 is 27.3 Å². The van der Waals surface area contributed by atoms with Gasteiger partial charge in [0.05, 0.1) is 16.9 Å². The van der Waals surface area contributed by atoms with Crippen molar-refractivity contribution in [1.82, 2.24) is 5.32 Å². The number of rotatable bonds is 5. The summed E-state index contributed by atoms with van der Waals surface area (Å²) in [6.45, 7) is 2.78. The van der Waals surface area contributed by atoms with Crippen molar-refractivity contribution in [2.45, 2.75) is 13.0 Å². The number of benzene rings is 1. The standard InChI is InChI=1S/C14H15BrFNOS/c1-3-17-14(12-6-7-13(15)19-12)10-5-4-9(18-2)8-11(10)16/h4-8,14,17H,3H2,1-2H3. The van der Waals surface area contributed by atoms with Gasteiger partial charge in [-0.25, -0.2) is 4.39 Å². The Hall–Kier alpha value is -0.910. The maximum Gasteiger partial charge on any atom is 0.132 e. The molecule has 0 fully saturated rings. The molecule has 102 valence electrons. The largest absolute Gasteiger partial charge is 0.497 e. The summed E-state index contributed by atoms with van der Waals surface area (Å²) in [7, 11) is 1.53. The van der Waals surface area contributed by atoms with Gasteiger partial charge in [-0.05, 0) is 40.7 Å². The van der Waals surface area contributed by atoms with Crippen LogP contribution in [0.25, 0.3) is 0 Å². The van der Waals surface area contributed by atoms with E-state index in [4.69, 9.17) is 4.74 Å². The van der Waals surface area contributed by atoms with Gasteiger partial charge in [0.1, 0.15) is 11.6 Å². The molecule has 0 aliphatic carbocycles. The highest BCUT2D eigenvalue weighted by molar-refractivity contribution is 9.11. The predicted octanol–water partition coefficient (Wildman–Crippen LogP) is 4.36. The van der Waals surface area contributed by atoms with Crippen LogP contribution in [-0.2, 0) is 0 Å². The maximum atomic E-state index is 14.2. The van der Waals surface area contributed by atoms with Crippen LogP contribution in [0.2, 0.25) is 0 Å². The average Bonchev–Trinajstić information content (AvgIpc) is 2.83. The summed E-state index contributed by atoms with van der Waals surface area (Å²) in [5, 5.41) is 3.32. The van der Waals surface area contributed by atoms with E-state index < -0.39 is 0 Å². The van der Waals surface area contributed by atoms with Gasteiger partial charge < -0.3 is 10.1 Å². The molecule has 0 radical (unpaired) electrons. The van der Waals surface area contributed by atoms with Crippen molar-refractivity contribution in [2.24, 2.45) is 0 Å². The van der Waals surface area contributed by atoms with E-state index in [1.807, 2.05) is 19.1 Å². The lowest BCUT2D eigenvalue weighted by atomic mass is 10.0. The van der Waals surface area contributed by atoms with Crippen LogP contribution >= 0.6 is 27.3 Å². The van der Waals surface area contributed by atoms with E-state index in [1.165, 1.54) is 13.2 Å². The number of ether oxygens (including phenoxy) is 1. The highest BCUT2D eigenvalue weighted by Crippen LogP contribution is 2.33. The second-order valence-corrected chi connectivity index (χ2v) is 6.51. The van der Waals surface area contributed by atoms with Crippen molar-refractivity contribution in [3.8, 4) is 5.75 Å². The Morgan fingerprint density at radius 1 is 1.37 bits per heavy atom. The first-order valence-electron chi connectivity index (χ1n) is 5.97. The highest BCUT2D eigenvalue weighted by Gasteiger charge is 2.19. The molecule has 19 heavy (non-hydrogen) atoms. The van der Waals surface area contributed by atoms with Crippen molar-refractivity contribution < 1.29 is 9.13 Å². The van der Waals surface area contributed by atoms with Gasteiger partial charge in [0, 0.05) is 16.5 Å². The first-order chi connectivity index (χ1) is 9.15. The average molecular weight is 344 g/mol. The normalized spacial score (nSPS) is 12.4. The van der Waals surface area contributed by atoms with Gasteiger partial charge in [-0.3, -0.25) is 0 Å². The Bertz CT molecular complexity index is 558. The zero-order valence-corrected chi connectivity index (χ0v) is 13.1. The van der Waals surface area contributed by atoms with Gasteiger partial charge in [-0.1, -0.05) is 13.0 Å². The van der Waals surface area contributed by atoms with Crippen molar-refractivity contribution in [3.05, 3.63) is 50.4 Å². The molecule has 0 bridgehead atoms. The van der Waals surface area contributed by atoms with Crippen LogP contribution < -0.4 is 10.1 Å². The second kappa shape index (κ2) is 6.50. The lowest BCUT2D eigenvalue weighted by Crippen LogP contribution is -2.22. The molecular formula is C14H15BrFNOS. The zero-order chi connectivity index (χ0) is 13.8. The predicted molar refractivity (Wildman–Crippen MR) is 80.5 cm³/mol. The summed E-state index contributed by atoms with van der Waals surface area (Å²) in [6.07, 6.45) is 0. The SMILES string of the molecule is CCNC(c1ccc(Br)s1)c1ccc(OC)cc1F. The van der Waals surface area contributed by atoms with Crippen LogP contribution in [0.15, 0.2) is 34.1 Å². The molecule has 2 rings (SSSR count). The first kappa shape index (κ1) is 14.5. The molecule has 0 saturated heterocycles. The molecule has 2 nitrogen and oxygen atoms in total. The Kier molecular flexibility index (Phi) is 4.96. The molecule has 0 amide bonds. The minimum atomic E-state index is -0.255. The molecule has 1 unspecified atom stereocenters. The van der Waals surface area contributed by atoms with Crippen molar-refractivity contribution in [2.75, 3.05) is 13.7 Å². The third kappa shape index (κ3) is 3.35. The number of methoxy groups -OCH3 is 1. The topological polar surface area (TPSA) is 21.3 Å². The summed E-state index contributed by atoms with van der Waals surface area (Å²) in [5.74, 6) is 0.277. The van der Waals surface area contributed by atoms with Gasteiger partial charge in [0.2, 0.25) is 0 Å². The van der Waals surface area contributed by atoms with Crippen LogP contribution in [0.1, 0.15) is 23.4 Å². The molecule has 5 heteroatoms. The summed E-state index contributed by atoms with van der Waals surface area (Å²) in [6, 6.07) is 8.83. The highest BCUT2D eigenvalue weighted by atomic mass is 79.9. The van der Waals surface area contributed by atoms with Crippen LogP contribution in [0.3, 0.4) is 0 Å². The third-order valence-electron chi connectivity index (χ3n) is 2.81. The number of halogens is 2. The molecule has 0 saturated carbocycles. The monoisotopic (exact) mass is 343 g/mol. The zero-order valence-electron chi connectivity index (χ0n) is 10.7. The molecule has 1 atom stereocenters. The minimum Gasteiger partial charge on any atom is -0.497 e. The summed E-state index contributed by atoms with van der Waals surface area (Å²) in [4.78, 5) is 1.08. The lowest BCUT2D eigenvalue weighted by molar-refractivity contribution is 0.410. The second-order valence-electron chi connectivity index (χ2n) is 4.02. The molecule has 1 N–H and O–H groups in total. The fourth-order valence-electron chi connectivity index (χ4n) is 1.92. The molecule has 0 aliphatic rings. The first-order valence-corrected chi connectivity index (χ1v) is 7.58. The fraction of sp³-hybridized carbons (Fsp3) is 0.286. The Balaban J connectivity index is 2.39. The molecule has 0 spiro atoms. The van der Waals surface area contributed by atoms with Crippen LogP contribution in [-0.4, -0.2) is 13.7 Å². The molecular weight excluding hydrogens is 329 g/mol. The molecule has 2 aromatic rings. The van der Waals surface area contributed by atoms with Crippen LogP contribution in [0.4, 0.5) is 4.39 Å². The van der Waals surface area contributed by atoms with E-state index in [2.05, 4.69) is 21.2 Å². The van der Waals surface area contributed by atoms with E-state index in [-0.39, 0.29) is 11.9 Å². The van der Waals surface area contributed by atoms with E-state index in [1.54, 1.807) is 23.5 Å². The Labute approximate surface area is 124 Å². The Morgan fingerprint density at radius 3 is 2.68 bits per heavy atom. The number of hydrogen-bond donors (Lipinski definition) is 1. The third-order valence-corrected chi connectivity index (χ3v) is 4.49. The van der Waals surface area contributed by atoms with Gasteiger partial charge in [0.15, 0.2) is 0 Å². The lowest BCUT2D eigenvalue weighted by Gasteiger charge is -2.18. The van der Waals surface area contributed by atoms with Gasteiger partial charge >= 0.3 is 0 Å². The van der Waals surface area contributed by atoms with Crippen LogP contribution in [0.5, 0.6) is 5.75 Å². The van der Waals surface area contributed by atoms with Gasteiger partial charge in [0.25, 0.3) is 0 Å². The smallest absolute Gasteiger partial charge is 0.132 e. The number of hydrogen-bond acceptors (Lipinski definition) is 3. The number of nitrogens with one attached hydrogen (secondary N) is 1. The summed E-state index contributed by atoms with van der Waals surface area (Å²) < 4.78 is 20.3. The van der Waals surface area contributed by atoms with Crippen molar-refractivity contribution in [3.63, 3.8) is 0 Å². The molecule has 1 aromatic carbocycles. The molecule has 1 aromatic heterocycles. The van der Waals surface area contributed by atoms with E-state index in [0.29, 0.717) is 11.3 Å². The quantitative estimate of drug-likeness (QED) is 0.870. The van der Waals surface area contributed by atoms with E-state index in [9.17, 15) is 4.39 Å². The minimum absolute atomic E-state index is 0.132. The fourth-order valence-corrected chi connectivity index (χ4v) is 3.44. The molecule has 0 aliphatic heterocycles. The summed E-state index contributed by atoms with van der Waals surface area (Å²) >= 11 is 5.05. The van der Waals surface area contributed by atoms with Gasteiger partial charge in [-0.15, -0.1) is 11.3 Å². The number of thiophene rings is 1. The molecule has 1 heterocycles. The van der Waals surface area contributed by atoms with E-state index in [0.717, 1.165) is 15.2 Å². The summed E-state index contributed by atoms with van der Waals surface area (Å²) in [5.41, 5.74) is 0.636. The Morgan fingerprint density at radius 2 is 2.16 bits per heavy atom. The van der Waals surface area contributed by atoms with Gasteiger partial charge in [-0.2, -0.15) is 0 Å². The van der Waals surface area contributed by atoms with Crippen LogP contribution in [0, 0.1) is 5.82 Å². The maximum absolute atomic E-state index is 14.2. The van der Waals surface area contributed by atoms with E-state index >= 15 is 0 Å².